The Bertz CT molecular complexity index is 809. The van der Waals surface area contributed by atoms with Crippen LogP contribution in [0.5, 0.6) is 5.75 Å². The van der Waals surface area contributed by atoms with Crippen LogP contribution < -0.4 is 4.74 Å². The van der Waals surface area contributed by atoms with Gasteiger partial charge in [0.05, 0.1) is 12.2 Å². The first-order chi connectivity index (χ1) is 12.2. The maximum atomic E-state index is 12.5. The van der Waals surface area contributed by atoms with Crippen molar-refractivity contribution in [1.82, 2.24) is 0 Å². The van der Waals surface area contributed by atoms with Crippen LogP contribution in [0.15, 0.2) is 70.9 Å². The van der Waals surface area contributed by atoms with Crippen molar-refractivity contribution in [2.75, 3.05) is 6.61 Å². The fraction of sp³-hybridized carbons (Fsp3) is 0.238. The van der Waals surface area contributed by atoms with Crippen LogP contribution in [0.3, 0.4) is 0 Å². The molecule has 1 aliphatic carbocycles. The lowest BCUT2D eigenvalue weighted by molar-refractivity contribution is -0.116. The monoisotopic (exact) mass is 335 g/mol. The van der Waals surface area contributed by atoms with Gasteiger partial charge >= 0.3 is 0 Å². The van der Waals surface area contributed by atoms with Crippen LogP contribution in [0.4, 0.5) is 5.69 Å². The predicted octanol–water partition coefficient (Wildman–Crippen LogP) is 4.75. The number of Topliss-reactive ketones (excluding diaryl/α,β-unsaturated/α-hetero) is 1. The number of para-hydroxylation sites is 2. The molecule has 0 radical (unpaired) electrons. The Labute approximate surface area is 147 Å². The van der Waals surface area contributed by atoms with E-state index >= 15 is 0 Å². The van der Waals surface area contributed by atoms with Crippen LogP contribution in [0.25, 0.3) is 0 Å². The second-order valence-electron chi connectivity index (χ2n) is 5.96. The highest BCUT2D eigenvalue weighted by molar-refractivity contribution is 6.15. The number of hydrogen-bond acceptors (Lipinski definition) is 4. The molecule has 2 aromatic rings. The molecule has 4 heteroatoms. The van der Waals surface area contributed by atoms with E-state index in [0.717, 1.165) is 5.56 Å². The Kier molecular flexibility index (Phi) is 5.29. The summed E-state index contributed by atoms with van der Waals surface area (Å²) in [5.41, 5.74) is 2.00. The molecule has 1 atom stereocenters. The van der Waals surface area contributed by atoms with Crippen molar-refractivity contribution in [3.8, 4) is 5.75 Å². The highest BCUT2D eigenvalue weighted by atomic mass is 16.5. The van der Waals surface area contributed by atoms with Crippen LogP contribution >= 0.6 is 0 Å². The summed E-state index contributed by atoms with van der Waals surface area (Å²) < 4.78 is 5.53. The van der Waals surface area contributed by atoms with E-state index in [1.165, 1.54) is 6.21 Å². The zero-order chi connectivity index (χ0) is 17.6. The van der Waals surface area contributed by atoms with Crippen LogP contribution in [-0.4, -0.2) is 23.7 Å². The lowest BCUT2D eigenvalue weighted by Gasteiger charge is -2.22. The van der Waals surface area contributed by atoms with Gasteiger partial charge < -0.3 is 9.84 Å². The van der Waals surface area contributed by atoms with Gasteiger partial charge in [0.15, 0.2) is 5.78 Å². The van der Waals surface area contributed by atoms with Gasteiger partial charge in [0.2, 0.25) is 0 Å². The van der Waals surface area contributed by atoms with Crippen molar-refractivity contribution in [2.45, 2.75) is 25.7 Å². The summed E-state index contributed by atoms with van der Waals surface area (Å²) >= 11 is 0. The average molecular weight is 335 g/mol. The Balaban J connectivity index is 1.82. The predicted molar refractivity (Wildman–Crippen MR) is 98.8 cm³/mol. The summed E-state index contributed by atoms with van der Waals surface area (Å²) in [5.74, 6) is 0.686. The van der Waals surface area contributed by atoms with Gasteiger partial charge in [-0.2, -0.15) is 0 Å². The van der Waals surface area contributed by atoms with Gasteiger partial charge in [-0.15, -0.1) is 0 Å². The molecule has 128 valence electrons. The quantitative estimate of drug-likeness (QED) is 0.802. The summed E-state index contributed by atoms with van der Waals surface area (Å²) in [7, 11) is 0. The third-order valence-corrected chi connectivity index (χ3v) is 4.25. The Morgan fingerprint density at radius 3 is 2.56 bits per heavy atom. The van der Waals surface area contributed by atoms with E-state index in [0.29, 0.717) is 36.5 Å². The standard InChI is InChI=1S/C21H21NO3/c1-2-25-21-11-7-6-10-18(21)22-14-17-19(23)12-16(13-20(17)24)15-8-4-3-5-9-15/h3-11,14,16,23H,2,12-13H2,1H3. The van der Waals surface area contributed by atoms with Gasteiger partial charge in [-0.3, -0.25) is 9.79 Å². The number of carbonyl (C=O) groups is 1. The average Bonchev–Trinajstić information content (AvgIpc) is 2.63. The van der Waals surface area contributed by atoms with Crippen molar-refractivity contribution < 1.29 is 14.6 Å². The van der Waals surface area contributed by atoms with Crippen molar-refractivity contribution in [1.29, 1.82) is 0 Å². The summed E-state index contributed by atoms with van der Waals surface area (Å²) in [6.45, 7) is 2.45. The molecule has 4 nitrogen and oxygen atoms in total. The van der Waals surface area contributed by atoms with Gasteiger partial charge in [-0.25, -0.2) is 0 Å². The van der Waals surface area contributed by atoms with E-state index in [-0.39, 0.29) is 17.5 Å². The fourth-order valence-corrected chi connectivity index (χ4v) is 2.99. The molecule has 3 rings (SSSR count). The van der Waals surface area contributed by atoms with Gasteiger partial charge in [0.1, 0.15) is 17.2 Å². The molecule has 0 fully saturated rings. The first-order valence-corrected chi connectivity index (χ1v) is 8.45. The third-order valence-electron chi connectivity index (χ3n) is 4.25. The zero-order valence-corrected chi connectivity index (χ0v) is 14.2. The van der Waals surface area contributed by atoms with Gasteiger partial charge in [-0.05, 0) is 30.5 Å². The smallest absolute Gasteiger partial charge is 0.168 e. The molecule has 2 aromatic carbocycles. The first kappa shape index (κ1) is 17.0. The molecule has 0 amide bonds. The van der Waals surface area contributed by atoms with E-state index in [4.69, 9.17) is 4.74 Å². The normalized spacial score (nSPS) is 18.0. The molecule has 0 spiro atoms. The highest BCUT2D eigenvalue weighted by Gasteiger charge is 2.27. The lowest BCUT2D eigenvalue weighted by atomic mass is 9.83. The molecule has 0 saturated carbocycles. The van der Waals surface area contributed by atoms with Crippen LogP contribution in [0, 0.1) is 0 Å². The van der Waals surface area contributed by atoms with Crippen LogP contribution in [0.2, 0.25) is 0 Å². The number of ketones is 1. The minimum Gasteiger partial charge on any atom is -0.511 e. The van der Waals surface area contributed by atoms with Gasteiger partial charge in [0.25, 0.3) is 0 Å². The number of nitrogens with zero attached hydrogens (tertiary/aromatic N) is 1. The minimum atomic E-state index is -0.0877. The summed E-state index contributed by atoms with van der Waals surface area (Å²) in [6.07, 6.45) is 2.28. The molecule has 1 N–H and O–H groups in total. The van der Waals surface area contributed by atoms with Crippen LogP contribution in [-0.2, 0) is 4.79 Å². The molecule has 0 aliphatic heterocycles. The highest BCUT2D eigenvalue weighted by Crippen LogP contribution is 2.33. The summed E-state index contributed by atoms with van der Waals surface area (Å²) in [5, 5.41) is 10.4. The summed E-state index contributed by atoms with van der Waals surface area (Å²) in [6, 6.07) is 17.2. The van der Waals surface area contributed by atoms with E-state index in [2.05, 4.69) is 4.99 Å². The largest absolute Gasteiger partial charge is 0.511 e. The fourth-order valence-electron chi connectivity index (χ4n) is 2.99. The lowest BCUT2D eigenvalue weighted by Crippen LogP contribution is -2.19. The maximum Gasteiger partial charge on any atom is 0.168 e. The topological polar surface area (TPSA) is 58.9 Å². The number of allylic oxidation sites excluding steroid dienone is 2. The Morgan fingerprint density at radius 2 is 1.84 bits per heavy atom. The second-order valence-corrected chi connectivity index (χ2v) is 5.96. The number of aliphatic hydroxyl groups excluding tert-OH is 1. The first-order valence-electron chi connectivity index (χ1n) is 8.45. The number of aliphatic imine (C=N–C) groups is 1. The van der Waals surface area contributed by atoms with E-state index in [9.17, 15) is 9.90 Å². The van der Waals surface area contributed by atoms with Gasteiger partial charge in [0, 0.05) is 19.1 Å². The Hall–Kier alpha value is -2.88. The zero-order valence-electron chi connectivity index (χ0n) is 14.2. The van der Waals surface area contributed by atoms with E-state index in [1.807, 2.05) is 61.5 Å². The van der Waals surface area contributed by atoms with Gasteiger partial charge in [-0.1, -0.05) is 42.5 Å². The molecule has 0 bridgehead atoms. The van der Waals surface area contributed by atoms with E-state index in [1.54, 1.807) is 0 Å². The molecular weight excluding hydrogens is 314 g/mol. The molecular formula is C21H21NO3. The molecule has 1 aliphatic rings. The van der Waals surface area contributed by atoms with Crippen molar-refractivity contribution in [3.63, 3.8) is 0 Å². The summed E-state index contributed by atoms with van der Waals surface area (Å²) in [4.78, 5) is 16.8. The number of carbonyl (C=O) groups excluding carboxylic acids is 1. The number of aliphatic hydroxyl groups is 1. The Morgan fingerprint density at radius 1 is 1.12 bits per heavy atom. The van der Waals surface area contributed by atoms with Crippen molar-refractivity contribution >= 4 is 17.7 Å². The molecule has 0 saturated heterocycles. The van der Waals surface area contributed by atoms with Crippen molar-refractivity contribution in [2.24, 2.45) is 4.99 Å². The molecule has 0 aromatic heterocycles. The minimum absolute atomic E-state index is 0.0153. The van der Waals surface area contributed by atoms with E-state index < -0.39 is 0 Å². The third kappa shape index (κ3) is 3.97. The molecule has 0 heterocycles. The second kappa shape index (κ2) is 7.79. The molecule has 1 unspecified atom stereocenters. The maximum absolute atomic E-state index is 12.5. The van der Waals surface area contributed by atoms with Crippen LogP contribution in [0.1, 0.15) is 31.2 Å². The molecule has 25 heavy (non-hydrogen) atoms. The number of hydrogen-bond donors (Lipinski definition) is 1. The number of ether oxygens (including phenoxy) is 1. The SMILES string of the molecule is CCOc1ccccc1N=CC1=C(O)CC(c2ccccc2)CC1=O. The van der Waals surface area contributed by atoms with Crippen molar-refractivity contribution in [3.05, 3.63) is 71.5 Å². The number of rotatable bonds is 5. The number of benzene rings is 2.